The molecule has 2 aromatic carbocycles. The number of aliphatic carboxylic acids is 1. The number of anilines is 2. The van der Waals surface area contributed by atoms with E-state index in [1.165, 1.54) is 17.4 Å². The number of hydrogen-bond acceptors (Lipinski definition) is 8. The van der Waals surface area contributed by atoms with Gasteiger partial charge in [-0.15, -0.1) is 16.4 Å². The third-order valence-corrected chi connectivity index (χ3v) is 6.59. The van der Waals surface area contributed by atoms with E-state index in [4.69, 9.17) is 19.4 Å². The van der Waals surface area contributed by atoms with Gasteiger partial charge in [0.1, 0.15) is 11.4 Å². The van der Waals surface area contributed by atoms with Crippen LogP contribution >= 0.6 is 22.9 Å². The summed E-state index contributed by atoms with van der Waals surface area (Å²) in [7, 11) is 3.16. The summed E-state index contributed by atoms with van der Waals surface area (Å²) in [4.78, 5) is 14.4. The Morgan fingerprint density at radius 1 is 1.07 bits per heavy atom. The predicted molar refractivity (Wildman–Crippen MR) is 142 cm³/mol. The first-order chi connectivity index (χ1) is 19.0. The molecule has 0 saturated carbocycles. The number of fused-ring (bicyclic) bond motifs is 2. The molecule has 9 nitrogen and oxygen atoms in total. The molecule has 0 spiro atoms. The van der Waals surface area contributed by atoms with Crippen molar-refractivity contribution in [1.29, 1.82) is 0 Å². The summed E-state index contributed by atoms with van der Waals surface area (Å²) in [5.41, 5.74) is 2.17. The van der Waals surface area contributed by atoms with Crippen LogP contribution in [0.5, 0.6) is 17.2 Å². The minimum absolute atomic E-state index is 0.149. The number of carbonyl (C=O) groups is 1. The van der Waals surface area contributed by atoms with Crippen molar-refractivity contribution < 1.29 is 41.7 Å². The summed E-state index contributed by atoms with van der Waals surface area (Å²) in [5, 5.41) is 12.0. The number of carboxylic acid groups (broad SMARTS) is 1. The zero-order valence-electron chi connectivity index (χ0n) is 20.6. The fraction of sp³-hybridized carbons (Fsp3) is 0.160. The minimum atomic E-state index is -4.11. The number of imidazole rings is 1. The maximum atomic E-state index is 12.8. The van der Waals surface area contributed by atoms with Crippen molar-refractivity contribution in [2.45, 2.75) is 12.0 Å². The van der Waals surface area contributed by atoms with Crippen LogP contribution in [0.1, 0.15) is 0 Å². The molecule has 0 aliphatic rings. The normalized spacial score (nSPS) is 11.3. The van der Waals surface area contributed by atoms with Gasteiger partial charge in [-0.3, -0.25) is 0 Å². The molecule has 5 aromatic rings. The van der Waals surface area contributed by atoms with Crippen LogP contribution in [0, 0.1) is 0 Å². The number of alkyl halides is 5. The molecule has 0 fully saturated rings. The molecular formula is C25H19ClF4N4O5S. The fourth-order valence-electron chi connectivity index (χ4n) is 3.52. The summed E-state index contributed by atoms with van der Waals surface area (Å²) < 4.78 is 65.3. The lowest BCUT2D eigenvalue weighted by atomic mass is 10.2. The van der Waals surface area contributed by atoms with Gasteiger partial charge in [0.15, 0.2) is 23.0 Å². The molecule has 5 rings (SSSR count). The second-order valence-electron chi connectivity index (χ2n) is 7.79. The molecule has 3 heterocycles. The topological polar surface area (TPSA) is 107 Å². The number of nitrogens with one attached hydrogen (secondary N) is 1. The maximum Gasteiger partial charge on any atom is 0.417 e. The highest BCUT2D eigenvalue weighted by Crippen LogP contribution is 2.39. The Morgan fingerprint density at radius 2 is 1.80 bits per heavy atom. The van der Waals surface area contributed by atoms with E-state index < -0.39 is 18.0 Å². The van der Waals surface area contributed by atoms with Gasteiger partial charge in [-0.25, -0.2) is 14.3 Å². The average Bonchev–Trinajstić information content (AvgIpc) is 3.52. The van der Waals surface area contributed by atoms with Crippen molar-refractivity contribution in [3.63, 3.8) is 0 Å². The molecule has 0 bridgehead atoms. The van der Waals surface area contributed by atoms with Gasteiger partial charge in [-0.05, 0) is 53.4 Å². The number of rotatable bonds is 8. The number of hydrogen-bond donors (Lipinski definition) is 2. The van der Waals surface area contributed by atoms with Gasteiger partial charge >= 0.3 is 18.0 Å². The van der Waals surface area contributed by atoms with Crippen LogP contribution in [0.15, 0.2) is 60.8 Å². The van der Waals surface area contributed by atoms with Crippen molar-refractivity contribution >= 4 is 56.1 Å². The molecule has 15 heteroatoms. The average molecular weight is 599 g/mol. The highest BCUT2D eigenvalue weighted by Gasteiger charge is 2.35. The van der Waals surface area contributed by atoms with E-state index in [2.05, 4.69) is 31.7 Å². The van der Waals surface area contributed by atoms with Crippen LogP contribution in [0.4, 0.5) is 29.1 Å². The van der Waals surface area contributed by atoms with Crippen LogP contribution in [0.2, 0.25) is 0 Å². The van der Waals surface area contributed by atoms with Gasteiger partial charge < -0.3 is 24.6 Å². The Labute approximate surface area is 232 Å². The van der Waals surface area contributed by atoms with Crippen molar-refractivity contribution in [2.24, 2.45) is 0 Å². The molecule has 40 heavy (non-hydrogen) atoms. The number of nitrogens with zero attached hydrogens (tertiary/aromatic N) is 3. The molecule has 2 N–H and O–H groups in total. The van der Waals surface area contributed by atoms with Crippen molar-refractivity contribution in [3.8, 4) is 27.8 Å². The Hall–Kier alpha value is -4.30. The SMILES string of the molecule is COc1ccc(Nc2ccc3ncc(-c4cc5cccc(OC(F)F)c5s4)n3n2)cc1OC.O=C(O)C(F)(F)Cl. The molecule has 3 aromatic heterocycles. The lowest BCUT2D eigenvalue weighted by molar-refractivity contribution is -0.153. The third kappa shape index (κ3) is 6.46. The Kier molecular flexibility index (Phi) is 8.49. The monoisotopic (exact) mass is 598 g/mol. The first-order valence-electron chi connectivity index (χ1n) is 11.1. The zero-order chi connectivity index (χ0) is 29.0. The quantitative estimate of drug-likeness (QED) is 0.147. The lowest BCUT2D eigenvalue weighted by Gasteiger charge is -2.11. The molecular weight excluding hydrogens is 580 g/mol. The summed E-state index contributed by atoms with van der Waals surface area (Å²) in [6.07, 6.45) is 1.71. The smallest absolute Gasteiger partial charge is 0.417 e. The van der Waals surface area contributed by atoms with E-state index in [1.54, 1.807) is 37.1 Å². The maximum absolute atomic E-state index is 12.8. The second kappa shape index (κ2) is 11.8. The van der Waals surface area contributed by atoms with Gasteiger partial charge in [0.05, 0.1) is 30.0 Å². The first kappa shape index (κ1) is 28.7. The number of halogens is 5. The van der Waals surface area contributed by atoms with Crippen LogP contribution in [0.25, 0.3) is 26.3 Å². The van der Waals surface area contributed by atoms with Gasteiger partial charge in [-0.2, -0.15) is 17.6 Å². The standard InChI is InChI=1S/C23H18F2N4O3S.C2HClF2O2/c1-30-16-7-6-14(11-18(16)31-2)27-20-8-9-21-26-12-15(29(21)28-20)19-10-13-4-3-5-17(22(13)33-19)32-23(24)25;3-2(4,5)1(6)7/h3-12,23H,1-2H3,(H,27,28);(H,6,7). The van der Waals surface area contributed by atoms with Crippen LogP contribution in [0.3, 0.4) is 0 Å². The highest BCUT2D eigenvalue weighted by molar-refractivity contribution is 7.22. The van der Waals surface area contributed by atoms with Crippen molar-refractivity contribution in [2.75, 3.05) is 19.5 Å². The van der Waals surface area contributed by atoms with Crippen LogP contribution in [-0.2, 0) is 4.79 Å². The lowest BCUT2D eigenvalue weighted by Crippen LogP contribution is -2.19. The van der Waals surface area contributed by atoms with Gasteiger partial charge in [-0.1, -0.05) is 12.1 Å². The van der Waals surface area contributed by atoms with E-state index in [0.29, 0.717) is 27.7 Å². The predicted octanol–water partition coefficient (Wildman–Crippen LogP) is 6.88. The van der Waals surface area contributed by atoms with Crippen molar-refractivity contribution in [3.05, 3.63) is 60.8 Å². The number of methoxy groups -OCH3 is 2. The second-order valence-corrected chi connectivity index (χ2v) is 9.32. The molecule has 0 aliphatic carbocycles. The Bertz CT molecular complexity index is 1660. The van der Waals surface area contributed by atoms with Crippen molar-refractivity contribution in [1.82, 2.24) is 14.6 Å². The summed E-state index contributed by atoms with van der Waals surface area (Å²) in [6, 6.07) is 16.1. The first-order valence-corrected chi connectivity index (χ1v) is 12.3. The summed E-state index contributed by atoms with van der Waals surface area (Å²) in [6.45, 7) is -2.89. The molecule has 0 radical (unpaired) electrons. The molecule has 0 unspecified atom stereocenters. The molecule has 0 atom stereocenters. The number of benzene rings is 2. The highest BCUT2D eigenvalue weighted by atomic mass is 35.5. The fourth-order valence-corrected chi connectivity index (χ4v) is 4.63. The number of aromatic nitrogens is 3. The van der Waals surface area contributed by atoms with E-state index in [-0.39, 0.29) is 5.75 Å². The molecule has 0 amide bonds. The summed E-state index contributed by atoms with van der Waals surface area (Å²) in [5.74, 6) is -0.357. The number of carboxylic acids is 1. The molecule has 210 valence electrons. The minimum Gasteiger partial charge on any atom is -0.493 e. The van der Waals surface area contributed by atoms with Gasteiger partial charge in [0, 0.05) is 11.8 Å². The Balaban J connectivity index is 0.000000470. The number of thiophene rings is 1. The zero-order valence-corrected chi connectivity index (χ0v) is 22.1. The van der Waals surface area contributed by atoms with E-state index in [0.717, 1.165) is 21.6 Å². The Morgan fingerprint density at radius 3 is 2.45 bits per heavy atom. The molecule has 0 saturated heterocycles. The van der Waals surface area contributed by atoms with E-state index >= 15 is 0 Å². The van der Waals surface area contributed by atoms with E-state index in [9.17, 15) is 17.6 Å². The largest absolute Gasteiger partial charge is 0.493 e. The van der Waals surface area contributed by atoms with Gasteiger partial charge in [0.2, 0.25) is 0 Å². The van der Waals surface area contributed by atoms with Gasteiger partial charge in [0.25, 0.3) is 0 Å². The molecule has 0 aliphatic heterocycles. The van der Waals surface area contributed by atoms with Crippen LogP contribution < -0.4 is 19.5 Å². The third-order valence-electron chi connectivity index (χ3n) is 5.24. The number of ether oxygens (including phenoxy) is 3. The van der Waals surface area contributed by atoms with Crippen LogP contribution in [-0.4, -0.2) is 51.9 Å². The van der Waals surface area contributed by atoms with E-state index in [1.807, 2.05) is 36.4 Å². The summed E-state index contributed by atoms with van der Waals surface area (Å²) >= 11 is 5.28.